The average molecular weight is 225 g/mol. The molecule has 6 nitrogen and oxygen atoms in total. The summed E-state index contributed by atoms with van der Waals surface area (Å²) in [5.74, 6) is -0.526. The van der Waals surface area contributed by atoms with Gasteiger partial charge in [-0.25, -0.2) is 4.98 Å². The van der Waals surface area contributed by atoms with Gasteiger partial charge in [-0.15, -0.1) is 0 Å². The third kappa shape index (κ3) is 4.59. The fourth-order valence-electron chi connectivity index (χ4n) is 1.11. The van der Waals surface area contributed by atoms with Crippen molar-refractivity contribution >= 4 is 11.9 Å². The van der Waals surface area contributed by atoms with Crippen molar-refractivity contribution in [3.63, 3.8) is 0 Å². The summed E-state index contributed by atoms with van der Waals surface area (Å²) in [7, 11) is 0. The zero-order valence-corrected chi connectivity index (χ0v) is 9.16. The Kier molecular flexibility index (Phi) is 5.04. The summed E-state index contributed by atoms with van der Waals surface area (Å²) in [6.07, 6.45) is 3.43. The van der Waals surface area contributed by atoms with E-state index in [1.165, 1.54) is 0 Å². The Labute approximate surface area is 93.4 Å². The second kappa shape index (κ2) is 6.60. The largest absolute Gasteiger partial charge is 0.466 e. The zero-order valence-electron chi connectivity index (χ0n) is 9.16. The molecule has 0 aliphatic heterocycles. The molecule has 2 N–H and O–H groups in total. The predicted octanol–water partition coefficient (Wildman–Crippen LogP) is 0.369. The monoisotopic (exact) mass is 225 g/mol. The number of ether oxygens (including phenoxy) is 1. The first-order chi connectivity index (χ1) is 7.72. The maximum Gasteiger partial charge on any atom is 0.306 e. The number of aromatic nitrogens is 2. The van der Waals surface area contributed by atoms with Crippen LogP contribution in [0.5, 0.6) is 0 Å². The Morgan fingerprint density at radius 2 is 2.31 bits per heavy atom. The summed E-state index contributed by atoms with van der Waals surface area (Å²) in [6.45, 7) is 2.46. The van der Waals surface area contributed by atoms with Crippen molar-refractivity contribution in [1.82, 2.24) is 15.3 Å². The Hall–Kier alpha value is -1.85. The first-order valence-corrected chi connectivity index (χ1v) is 5.12. The Bertz CT molecular complexity index is 335. The lowest BCUT2D eigenvalue weighted by Crippen LogP contribution is -2.23. The van der Waals surface area contributed by atoms with Crippen LogP contribution < -0.4 is 5.32 Å². The molecule has 0 bridgehead atoms. The van der Waals surface area contributed by atoms with Gasteiger partial charge in [0.25, 0.3) is 0 Å². The summed E-state index contributed by atoms with van der Waals surface area (Å²) in [6, 6.07) is 0. The quantitative estimate of drug-likeness (QED) is 0.685. The van der Waals surface area contributed by atoms with Crippen LogP contribution in [0.2, 0.25) is 0 Å². The molecule has 1 amide bonds. The molecule has 0 atom stereocenters. The van der Waals surface area contributed by atoms with Crippen LogP contribution in [0.25, 0.3) is 0 Å². The molecule has 0 radical (unpaired) electrons. The number of carbonyl (C=O) groups is 2. The highest BCUT2D eigenvalue weighted by molar-refractivity contribution is 5.81. The maximum atomic E-state index is 11.3. The molecule has 1 rings (SSSR count). The van der Waals surface area contributed by atoms with Gasteiger partial charge in [-0.1, -0.05) is 0 Å². The predicted molar refractivity (Wildman–Crippen MR) is 56.3 cm³/mol. The van der Waals surface area contributed by atoms with Crippen LogP contribution in [0.3, 0.4) is 0 Å². The molecule has 0 spiro atoms. The minimum Gasteiger partial charge on any atom is -0.466 e. The zero-order chi connectivity index (χ0) is 11.8. The van der Waals surface area contributed by atoms with E-state index in [0.29, 0.717) is 13.2 Å². The van der Waals surface area contributed by atoms with E-state index in [0.717, 1.165) is 5.69 Å². The van der Waals surface area contributed by atoms with Crippen LogP contribution in [0.4, 0.5) is 0 Å². The van der Waals surface area contributed by atoms with Gasteiger partial charge < -0.3 is 15.0 Å². The van der Waals surface area contributed by atoms with Gasteiger partial charge in [0.05, 0.1) is 31.6 Å². The molecular weight excluding hydrogens is 210 g/mol. The lowest BCUT2D eigenvalue weighted by molar-refractivity contribution is -0.144. The van der Waals surface area contributed by atoms with Crippen molar-refractivity contribution in [2.45, 2.75) is 26.3 Å². The molecule has 0 unspecified atom stereocenters. The van der Waals surface area contributed by atoms with Crippen LogP contribution in [-0.2, 0) is 20.9 Å². The molecule has 1 aromatic heterocycles. The highest BCUT2D eigenvalue weighted by atomic mass is 16.5. The van der Waals surface area contributed by atoms with Crippen LogP contribution in [-0.4, -0.2) is 28.5 Å². The topological polar surface area (TPSA) is 84.1 Å². The number of esters is 1. The van der Waals surface area contributed by atoms with Crippen molar-refractivity contribution in [2.75, 3.05) is 6.61 Å². The highest BCUT2D eigenvalue weighted by Crippen LogP contribution is 1.95. The normalized spacial score (nSPS) is 9.81. The molecule has 0 aliphatic rings. The van der Waals surface area contributed by atoms with Crippen LogP contribution >= 0.6 is 0 Å². The fourth-order valence-corrected chi connectivity index (χ4v) is 1.11. The van der Waals surface area contributed by atoms with Gasteiger partial charge in [-0.3, -0.25) is 9.59 Å². The molecule has 1 heterocycles. The van der Waals surface area contributed by atoms with E-state index in [9.17, 15) is 9.59 Å². The van der Waals surface area contributed by atoms with E-state index in [4.69, 9.17) is 4.74 Å². The van der Waals surface area contributed by atoms with Gasteiger partial charge in [-0.2, -0.15) is 0 Å². The number of amides is 1. The van der Waals surface area contributed by atoms with Crippen molar-refractivity contribution < 1.29 is 14.3 Å². The number of rotatable bonds is 6. The van der Waals surface area contributed by atoms with E-state index in [1.54, 1.807) is 19.4 Å². The molecule has 88 valence electrons. The Morgan fingerprint density at radius 1 is 1.50 bits per heavy atom. The van der Waals surface area contributed by atoms with Gasteiger partial charge in [0.1, 0.15) is 0 Å². The van der Waals surface area contributed by atoms with Crippen LogP contribution in [0.15, 0.2) is 12.5 Å². The smallest absolute Gasteiger partial charge is 0.306 e. The molecule has 0 saturated carbocycles. The van der Waals surface area contributed by atoms with E-state index in [-0.39, 0.29) is 24.7 Å². The van der Waals surface area contributed by atoms with E-state index in [1.807, 2.05) is 0 Å². The second-order valence-corrected chi connectivity index (χ2v) is 3.16. The second-order valence-electron chi connectivity index (χ2n) is 3.16. The van der Waals surface area contributed by atoms with Crippen molar-refractivity contribution in [3.05, 3.63) is 18.2 Å². The molecule has 0 aliphatic carbocycles. The standard InChI is InChI=1S/C10H15N3O3/c1-2-16-10(15)4-3-9(14)12-6-8-5-11-7-13-8/h5,7H,2-4,6H2,1H3,(H,11,13)(H,12,14). The fraction of sp³-hybridized carbons (Fsp3) is 0.500. The van der Waals surface area contributed by atoms with Gasteiger partial charge in [0.15, 0.2) is 0 Å². The van der Waals surface area contributed by atoms with Crippen LogP contribution in [0, 0.1) is 0 Å². The molecular formula is C10H15N3O3. The summed E-state index contributed by atoms with van der Waals surface area (Å²) in [5, 5.41) is 2.66. The van der Waals surface area contributed by atoms with E-state index >= 15 is 0 Å². The highest BCUT2D eigenvalue weighted by Gasteiger charge is 2.07. The van der Waals surface area contributed by atoms with Crippen molar-refractivity contribution in [3.8, 4) is 0 Å². The Balaban J connectivity index is 2.14. The maximum absolute atomic E-state index is 11.3. The Morgan fingerprint density at radius 3 is 2.94 bits per heavy atom. The van der Waals surface area contributed by atoms with Crippen LogP contribution in [0.1, 0.15) is 25.5 Å². The van der Waals surface area contributed by atoms with Gasteiger partial charge in [-0.05, 0) is 6.92 Å². The summed E-state index contributed by atoms with van der Waals surface area (Å²) >= 11 is 0. The van der Waals surface area contributed by atoms with E-state index in [2.05, 4.69) is 15.3 Å². The number of hydrogen-bond acceptors (Lipinski definition) is 4. The lowest BCUT2D eigenvalue weighted by Gasteiger charge is -2.03. The number of nitrogens with zero attached hydrogens (tertiary/aromatic N) is 1. The van der Waals surface area contributed by atoms with Crippen molar-refractivity contribution in [1.29, 1.82) is 0 Å². The number of carbonyl (C=O) groups excluding carboxylic acids is 2. The third-order valence-corrected chi connectivity index (χ3v) is 1.89. The molecule has 0 aromatic carbocycles. The first-order valence-electron chi connectivity index (χ1n) is 5.12. The summed E-state index contributed by atoms with van der Waals surface area (Å²) in [4.78, 5) is 28.9. The number of hydrogen-bond donors (Lipinski definition) is 2. The number of H-pyrrole nitrogens is 1. The van der Waals surface area contributed by atoms with Crippen molar-refractivity contribution in [2.24, 2.45) is 0 Å². The summed E-state index contributed by atoms with van der Waals surface area (Å²) < 4.78 is 4.71. The minimum absolute atomic E-state index is 0.114. The van der Waals surface area contributed by atoms with Gasteiger partial charge >= 0.3 is 5.97 Å². The number of nitrogens with one attached hydrogen (secondary N) is 2. The van der Waals surface area contributed by atoms with Gasteiger partial charge in [0, 0.05) is 12.6 Å². The van der Waals surface area contributed by atoms with E-state index < -0.39 is 0 Å². The summed E-state index contributed by atoms with van der Waals surface area (Å²) in [5.41, 5.74) is 0.824. The molecule has 6 heteroatoms. The molecule has 16 heavy (non-hydrogen) atoms. The number of aromatic amines is 1. The SMILES string of the molecule is CCOC(=O)CCC(=O)NCc1cnc[nH]1. The molecule has 0 saturated heterocycles. The third-order valence-electron chi connectivity index (χ3n) is 1.89. The minimum atomic E-state index is -0.348. The molecule has 0 fully saturated rings. The average Bonchev–Trinajstić information content (AvgIpc) is 2.77. The number of imidazole rings is 1. The lowest BCUT2D eigenvalue weighted by atomic mass is 10.3. The first kappa shape index (κ1) is 12.2. The van der Waals surface area contributed by atoms with Gasteiger partial charge in [0.2, 0.25) is 5.91 Å². The molecule has 1 aromatic rings.